The topological polar surface area (TPSA) is 87.9 Å². The predicted molar refractivity (Wildman–Crippen MR) is 91.8 cm³/mol. The first-order valence-corrected chi connectivity index (χ1v) is 8.29. The van der Waals surface area contributed by atoms with Crippen LogP contribution < -0.4 is 10.1 Å². The minimum absolute atomic E-state index is 0.124. The lowest BCUT2D eigenvalue weighted by Gasteiger charge is -2.08. The number of hydrogen-bond donors (Lipinski definition) is 1. The van der Waals surface area contributed by atoms with E-state index >= 15 is 0 Å². The molecule has 1 N–H and O–H groups in total. The molecule has 24 heavy (non-hydrogen) atoms. The molecule has 0 bridgehead atoms. The maximum atomic E-state index is 12.0. The van der Waals surface area contributed by atoms with Gasteiger partial charge in [0, 0.05) is 6.54 Å². The number of aryl methyl sites for hydroxylation is 2. The van der Waals surface area contributed by atoms with Gasteiger partial charge in [-0.3, -0.25) is 4.79 Å². The maximum absolute atomic E-state index is 12.0. The van der Waals surface area contributed by atoms with Gasteiger partial charge in [0.2, 0.25) is 5.91 Å². The zero-order chi connectivity index (χ0) is 17.5. The summed E-state index contributed by atoms with van der Waals surface area (Å²) in [5.74, 6) is 1.40. The number of rotatable bonds is 6. The number of benzene rings is 1. The number of aromatic nitrogens is 2. The number of hydrogen-bond acceptors (Lipinski definition) is 6. The summed E-state index contributed by atoms with van der Waals surface area (Å²) in [6.45, 7) is 3.95. The van der Waals surface area contributed by atoms with E-state index in [9.17, 15) is 10.1 Å². The second-order valence-electron chi connectivity index (χ2n) is 5.07. The summed E-state index contributed by atoms with van der Waals surface area (Å²) >= 11 is 1.24. The molecule has 1 aromatic heterocycles. The highest BCUT2D eigenvalue weighted by Crippen LogP contribution is 2.21. The summed E-state index contributed by atoms with van der Waals surface area (Å²) in [6, 6.07) is 9.61. The van der Waals surface area contributed by atoms with Crippen LogP contribution in [0, 0.1) is 25.2 Å². The van der Waals surface area contributed by atoms with Crippen LogP contribution in [0.2, 0.25) is 0 Å². The highest BCUT2D eigenvalue weighted by Gasteiger charge is 2.12. The quantitative estimate of drug-likeness (QED) is 0.640. The summed E-state index contributed by atoms with van der Waals surface area (Å²) in [4.78, 5) is 20.4. The molecule has 0 aliphatic rings. The molecule has 1 amide bonds. The Morgan fingerprint density at radius 3 is 2.88 bits per heavy atom. The molecule has 0 saturated carbocycles. The average Bonchev–Trinajstić information content (AvgIpc) is 2.58. The van der Waals surface area contributed by atoms with Crippen LogP contribution in [0.3, 0.4) is 0 Å². The summed E-state index contributed by atoms with van der Waals surface area (Å²) in [6.07, 6.45) is 0. The first kappa shape index (κ1) is 17.8. The van der Waals surface area contributed by atoms with Crippen LogP contribution in [0.15, 0.2) is 29.3 Å². The van der Waals surface area contributed by atoms with Crippen molar-refractivity contribution in [2.45, 2.75) is 25.4 Å². The monoisotopic (exact) mass is 342 g/mol. The first-order valence-electron chi connectivity index (χ1n) is 7.31. The van der Waals surface area contributed by atoms with Crippen LogP contribution in [0.4, 0.5) is 0 Å². The molecule has 1 aromatic carbocycles. The maximum Gasteiger partial charge on any atom is 0.230 e. The van der Waals surface area contributed by atoms with Crippen LogP contribution in [0.1, 0.15) is 22.6 Å². The van der Waals surface area contributed by atoms with Gasteiger partial charge in [-0.1, -0.05) is 23.9 Å². The molecule has 0 atom stereocenters. The number of nitrogens with one attached hydrogen (secondary N) is 1. The summed E-state index contributed by atoms with van der Waals surface area (Å²) < 4.78 is 5.15. The Labute approximate surface area is 145 Å². The van der Waals surface area contributed by atoms with Crippen molar-refractivity contribution in [3.8, 4) is 11.8 Å². The van der Waals surface area contributed by atoms with Crippen LogP contribution >= 0.6 is 11.8 Å². The summed E-state index contributed by atoms with van der Waals surface area (Å²) in [7, 11) is 1.60. The standard InChI is InChI=1S/C17H18N4O2S/c1-11-15(8-18)17(21-12(2)20-11)24-10-16(22)19-9-13-5-4-6-14(7-13)23-3/h4-7H,9-10H2,1-3H3,(H,19,22). The van der Waals surface area contributed by atoms with Crippen molar-refractivity contribution in [1.29, 1.82) is 5.26 Å². The second kappa shape index (κ2) is 8.31. The van der Waals surface area contributed by atoms with Crippen molar-refractivity contribution in [2.24, 2.45) is 0 Å². The Hall–Kier alpha value is -2.59. The lowest BCUT2D eigenvalue weighted by Crippen LogP contribution is -2.24. The van der Waals surface area contributed by atoms with E-state index in [1.54, 1.807) is 21.0 Å². The number of nitrogens with zero attached hydrogens (tertiary/aromatic N) is 3. The van der Waals surface area contributed by atoms with E-state index < -0.39 is 0 Å². The lowest BCUT2D eigenvalue weighted by atomic mass is 10.2. The number of amides is 1. The van der Waals surface area contributed by atoms with Gasteiger partial charge < -0.3 is 10.1 Å². The van der Waals surface area contributed by atoms with E-state index in [0.29, 0.717) is 28.7 Å². The van der Waals surface area contributed by atoms with Gasteiger partial charge >= 0.3 is 0 Å². The molecular weight excluding hydrogens is 324 g/mol. The summed E-state index contributed by atoms with van der Waals surface area (Å²) in [5.41, 5.74) is 2.01. The van der Waals surface area contributed by atoms with Gasteiger partial charge in [0.05, 0.1) is 18.6 Å². The molecule has 6 nitrogen and oxygen atoms in total. The smallest absolute Gasteiger partial charge is 0.230 e. The van der Waals surface area contributed by atoms with E-state index in [-0.39, 0.29) is 11.7 Å². The van der Waals surface area contributed by atoms with Gasteiger partial charge in [-0.05, 0) is 31.5 Å². The minimum Gasteiger partial charge on any atom is -0.497 e. The van der Waals surface area contributed by atoms with E-state index in [0.717, 1.165) is 11.3 Å². The van der Waals surface area contributed by atoms with Crippen LogP contribution in [-0.4, -0.2) is 28.7 Å². The van der Waals surface area contributed by atoms with E-state index in [2.05, 4.69) is 21.4 Å². The van der Waals surface area contributed by atoms with Crippen molar-refractivity contribution in [3.63, 3.8) is 0 Å². The molecule has 0 fully saturated rings. The Morgan fingerprint density at radius 1 is 1.38 bits per heavy atom. The molecule has 0 saturated heterocycles. The third kappa shape index (κ3) is 4.70. The van der Waals surface area contributed by atoms with Crippen LogP contribution in [0.5, 0.6) is 5.75 Å². The molecule has 124 valence electrons. The highest BCUT2D eigenvalue weighted by atomic mass is 32.2. The number of thioether (sulfide) groups is 1. The first-order chi connectivity index (χ1) is 11.5. The Morgan fingerprint density at radius 2 is 2.17 bits per heavy atom. The van der Waals surface area contributed by atoms with Crippen LogP contribution in [0.25, 0.3) is 0 Å². The molecule has 2 aromatic rings. The lowest BCUT2D eigenvalue weighted by molar-refractivity contribution is -0.118. The van der Waals surface area contributed by atoms with Gasteiger partial charge in [0.1, 0.15) is 28.2 Å². The fraction of sp³-hybridized carbons (Fsp3) is 0.294. The summed E-state index contributed by atoms with van der Waals surface area (Å²) in [5, 5.41) is 12.6. The highest BCUT2D eigenvalue weighted by molar-refractivity contribution is 8.00. The van der Waals surface area contributed by atoms with Gasteiger partial charge in [0.25, 0.3) is 0 Å². The van der Waals surface area contributed by atoms with Crippen molar-refractivity contribution < 1.29 is 9.53 Å². The van der Waals surface area contributed by atoms with Gasteiger partial charge in [-0.15, -0.1) is 0 Å². The second-order valence-corrected chi connectivity index (χ2v) is 6.03. The SMILES string of the molecule is COc1cccc(CNC(=O)CSc2nc(C)nc(C)c2C#N)c1. The molecule has 1 heterocycles. The Balaban J connectivity index is 1.93. The number of carbonyl (C=O) groups excluding carboxylic acids is 1. The fourth-order valence-electron chi connectivity index (χ4n) is 2.08. The third-order valence-electron chi connectivity index (χ3n) is 3.24. The van der Waals surface area contributed by atoms with Crippen molar-refractivity contribution in [2.75, 3.05) is 12.9 Å². The van der Waals surface area contributed by atoms with Gasteiger partial charge in [0.15, 0.2) is 0 Å². The molecular formula is C17H18N4O2S. The Kier molecular flexibility index (Phi) is 6.15. The van der Waals surface area contributed by atoms with Crippen molar-refractivity contribution in [3.05, 3.63) is 46.9 Å². The molecule has 0 aliphatic carbocycles. The Bertz CT molecular complexity index is 787. The van der Waals surface area contributed by atoms with E-state index in [1.807, 2.05) is 24.3 Å². The molecule has 0 radical (unpaired) electrons. The molecule has 0 aliphatic heterocycles. The average molecular weight is 342 g/mol. The van der Waals surface area contributed by atoms with Crippen molar-refractivity contribution >= 4 is 17.7 Å². The molecule has 7 heteroatoms. The number of ether oxygens (including phenoxy) is 1. The zero-order valence-electron chi connectivity index (χ0n) is 13.8. The number of carbonyl (C=O) groups is 1. The predicted octanol–water partition coefficient (Wildman–Crippen LogP) is 2.38. The molecule has 2 rings (SSSR count). The minimum atomic E-state index is -0.124. The van der Waals surface area contributed by atoms with E-state index in [1.165, 1.54) is 11.8 Å². The molecule has 0 unspecified atom stereocenters. The van der Waals surface area contributed by atoms with E-state index in [4.69, 9.17) is 4.74 Å². The molecule has 0 spiro atoms. The largest absolute Gasteiger partial charge is 0.497 e. The van der Waals surface area contributed by atoms with Crippen LogP contribution in [-0.2, 0) is 11.3 Å². The van der Waals surface area contributed by atoms with Gasteiger partial charge in [-0.2, -0.15) is 5.26 Å². The normalized spacial score (nSPS) is 10.1. The van der Waals surface area contributed by atoms with Gasteiger partial charge in [-0.25, -0.2) is 9.97 Å². The zero-order valence-corrected chi connectivity index (χ0v) is 14.6. The number of methoxy groups -OCH3 is 1. The fourth-order valence-corrected chi connectivity index (χ4v) is 2.99. The van der Waals surface area contributed by atoms with Crippen molar-refractivity contribution in [1.82, 2.24) is 15.3 Å². The number of nitriles is 1. The third-order valence-corrected chi connectivity index (χ3v) is 4.22.